The number of ketones is 1. The van der Waals surface area contributed by atoms with Gasteiger partial charge in [-0.2, -0.15) is 0 Å². The van der Waals surface area contributed by atoms with Crippen LogP contribution >= 0.6 is 0 Å². The molecule has 0 aliphatic heterocycles. The van der Waals surface area contributed by atoms with E-state index >= 15 is 0 Å². The first-order valence-electron chi connectivity index (χ1n) is 4.96. The molecule has 0 aliphatic rings. The summed E-state index contributed by atoms with van der Waals surface area (Å²) in [6, 6.07) is 0.0243. The standard InChI is InChI=1S/C11H21NO/c1-4-5-6-7-10(13)8-11(12)9(2)3/h4,9,11H,1,5-8,12H2,2-3H3. The van der Waals surface area contributed by atoms with Gasteiger partial charge in [-0.1, -0.05) is 19.9 Å². The molecule has 0 saturated heterocycles. The van der Waals surface area contributed by atoms with E-state index in [2.05, 4.69) is 6.58 Å². The number of hydrogen-bond donors (Lipinski definition) is 1. The minimum absolute atomic E-state index is 0.0243. The predicted molar refractivity (Wildman–Crippen MR) is 56.5 cm³/mol. The summed E-state index contributed by atoms with van der Waals surface area (Å²) in [6.07, 6.45) is 4.84. The molecule has 0 aromatic heterocycles. The maximum Gasteiger partial charge on any atom is 0.134 e. The van der Waals surface area contributed by atoms with Crippen LogP contribution in [0.4, 0.5) is 0 Å². The minimum Gasteiger partial charge on any atom is -0.327 e. The van der Waals surface area contributed by atoms with Crippen LogP contribution in [-0.2, 0) is 4.79 Å². The van der Waals surface area contributed by atoms with Crippen LogP contribution in [0, 0.1) is 5.92 Å². The Morgan fingerprint density at radius 1 is 1.54 bits per heavy atom. The second-order valence-electron chi connectivity index (χ2n) is 3.83. The first-order valence-corrected chi connectivity index (χ1v) is 4.96. The molecule has 0 radical (unpaired) electrons. The minimum atomic E-state index is 0.0243. The number of unbranched alkanes of at least 4 members (excludes halogenated alkanes) is 1. The van der Waals surface area contributed by atoms with Crippen LogP contribution in [0.3, 0.4) is 0 Å². The van der Waals surface area contributed by atoms with Crippen molar-refractivity contribution in [1.29, 1.82) is 0 Å². The molecule has 2 nitrogen and oxygen atoms in total. The van der Waals surface area contributed by atoms with Crippen molar-refractivity contribution in [2.75, 3.05) is 0 Å². The van der Waals surface area contributed by atoms with Gasteiger partial charge in [-0.15, -0.1) is 6.58 Å². The first-order chi connectivity index (χ1) is 6.07. The number of nitrogens with two attached hydrogens (primary N) is 1. The maximum atomic E-state index is 11.3. The Kier molecular flexibility index (Phi) is 6.51. The number of hydrogen-bond acceptors (Lipinski definition) is 2. The van der Waals surface area contributed by atoms with Crippen LogP contribution in [0.15, 0.2) is 12.7 Å². The Hall–Kier alpha value is -0.630. The van der Waals surface area contributed by atoms with Gasteiger partial charge in [0.1, 0.15) is 5.78 Å². The topological polar surface area (TPSA) is 43.1 Å². The SMILES string of the molecule is C=CCCCC(=O)CC(N)C(C)C. The normalized spacial score (nSPS) is 12.9. The Balaban J connectivity index is 3.55. The molecule has 2 heteroatoms. The van der Waals surface area contributed by atoms with E-state index < -0.39 is 0 Å². The summed E-state index contributed by atoms with van der Waals surface area (Å²) in [6.45, 7) is 7.70. The van der Waals surface area contributed by atoms with Gasteiger partial charge >= 0.3 is 0 Å². The van der Waals surface area contributed by atoms with Crippen molar-refractivity contribution >= 4 is 5.78 Å². The zero-order valence-corrected chi connectivity index (χ0v) is 8.75. The molecule has 0 aliphatic carbocycles. The summed E-state index contributed by atoms with van der Waals surface area (Å²) in [5.74, 6) is 0.673. The van der Waals surface area contributed by atoms with E-state index in [9.17, 15) is 4.79 Å². The molecule has 0 bridgehead atoms. The van der Waals surface area contributed by atoms with E-state index in [1.807, 2.05) is 19.9 Å². The highest BCUT2D eigenvalue weighted by Crippen LogP contribution is 2.07. The lowest BCUT2D eigenvalue weighted by Gasteiger charge is -2.13. The van der Waals surface area contributed by atoms with Gasteiger partial charge in [0.25, 0.3) is 0 Å². The Bertz CT molecular complexity index is 163. The zero-order chi connectivity index (χ0) is 10.3. The van der Waals surface area contributed by atoms with Crippen molar-refractivity contribution in [3.05, 3.63) is 12.7 Å². The molecule has 1 unspecified atom stereocenters. The third-order valence-electron chi connectivity index (χ3n) is 2.18. The highest BCUT2D eigenvalue weighted by Gasteiger charge is 2.11. The van der Waals surface area contributed by atoms with Crippen LogP contribution in [-0.4, -0.2) is 11.8 Å². The molecule has 2 N–H and O–H groups in total. The van der Waals surface area contributed by atoms with Gasteiger partial charge in [0.05, 0.1) is 0 Å². The molecule has 0 amide bonds. The third-order valence-corrected chi connectivity index (χ3v) is 2.18. The number of allylic oxidation sites excluding steroid dienone is 1. The van der Waals surface area contributed by atoms with Gasteiger partial charge in [0.15, 0.2) is 0 Å². The van der Waals surface area contributed by atoms with Gasteiger partial charge in [-0.05, 0) is 18.8 Å². The molecule has 0 fully saturated rings. The maximum absolute atomic E-state index is 11.3. The highest BCUT2D eigenvalue weighted by atomic mass is 16.1. The molecule has 1 atom stereocenters. The average molecular weight is 183 g/mol. The molecule has 0 rings (SSSR count). The van der Waals surface area contributed by atoms with Crippen molar-refractivity contribution in [1.82, 2.24) is 0 Å². The molecule has 0 heterocycles. The third kappa shape index (κ3) is 6.52. The smallest absolute Gasteiger partial charge is 0.134 e. The van der Waals surface area contributed by atoms with Gasteiger partial charge in [0.2, 0.25) is 0 Å². The van der Waals surface area contributed by atoms with Crippen molar-refractivity contribution in [3.63, 3.8) is 0 Å². The second kappa shape index (κ2) is 6.84. The molecule has 13 heavy (non-hydrogen) atoms. The summed E-state index contributed by atoms with van der Waals surface area (Å²) < 4.78 is 0. The monoisotopic (exact) mass is 183 g/mol. The van der Waals surface area contributed by atoms with E-state index in [-0.39, 0.29) is 11.8 Å². The van der Waals surface area contributed by atoms with Crippen LogP contribution in [0.5, 0.6) is 0 Å². The lowest BCUT2D eigenvalue weighted by atomic mass is 9.98. The number of carbonyl (C=O) groups excluding carboxylic acids is 1. The molecular formula is C11H21NO. The summed E-state index contributed by atoms with van der Waals surface area (Å²) in [7, 11) is 0. The Morgan fingerprint density at radius 3 is 2.62 bits per heavy atom. The fourth-order valence-electron chi connectivity index (χ4n) is 1.04. The van der Waals surface area contributed by atoms with Gasteiger partial charge in [-0.25, -0.2) is 0 Å². The second-order valence-corrected chi connectivity index (χ2v) is 3.83. The molecule has 0 aromatic rings. The van der Waals surface area contributed by atoms with Crippen molar-refractivity contribution in [3.8, 4) is 0 Å². The average Bonchev–Trinajstić information content (AvgIpc) is 2.04. The molecule has 76 valence electrons. The molecular weight excluding hydrogens is 162 g/mol. The van der Waals surface area contributed by atoms with E-state index in [1.54, 1.807) is 0 Å². The number of rotatable bonds is 7. The van der Waals surface area contributed by atoms with Crippen molar-refractivity contribution < 1.29 is 4.79 Å². The predicted octanol–water partition coefficient (Wildman–Crippen LogP) is 2.29. The van der Waals surface area contributed by atoms with Gasteiger partial charge < -0.3 is 5.73 Å². The lowest BCUT2D eigenvalue weighted by Crippen LogP contribution is -2.29. The summed E-state index contributed by atoms with van der Waals surface area (Å²) >= 11 is 0. The zero-order valence-electron chi connectivity index (χ0n) is 8.75. The van der Waals surface area contributed by atoms with Crippen LogP contribution in [0.2, 0.25) is 0 Å². The molecule has 0 saturated carbocycles. The largest absolute Gasteiger partial charge is 0.327 e. The lowest BCUT2D eigenvalue weighted by molar-refractivity contribution is -0.119. The number of Topliss-reactive ketones (excluding diaryl/α,β-unsaturated/α-hetero) is 1. The van der Waals surface area contributed by atoms with Crippen molar-refractivity contribution in [2.45, 2.75) is 45.6 Å². The van der Waals surface area contributed by atoms with E-state index in [0.29, 0.717) is 18.8 Å². The van der Waals surface area contributed by atoms with Gasteiger partial charge in [-0.3, -0.25) is 4.79 Å². The fraction of sp³-hybridized carbons (Fsp3) is 0.727. The molecule has 0 spiro atoms. The summed E-state index contributed by atoms with van der Waals surface area (Å²) in [4.78, 5) is 11.3. The van der Waals surface area contributed by atoms with E-state index in [0.717, 1.165) is 12.8 Å². The highest BCUT2D eigenvalue weighted by molar-refractivity contribution is 5.78. The van der Waals surface area contributed by atoms with Crippen LogP contribution in [0.1, 0.15) is 39.5 Å². The fourth-order valence-corrected chi connectivity index (χ4v) is 1.04. The van der Waals surface area contributed by atoms with Gasteiger partial charge in [0, 0.05) is 18.9 Å². The molecule has 0 aromatic carbocycles. The quantitative estimate of drug-likeness (QED) is 0.486. The summed E-state index contributed by atoms with van der Waals surface area (Å²) in [5.41, 5.74) is 5.78. The summed E-state index contributed by atoms with van der Waals surface area (Å²) in [5, 5.41) is 0. The van der Waals surface area contributed by atoms with Crippen LogP contribution in [0.25, 0.3) is 0 Å². The Labute approximate surface area is 81.2 Å². The first kappa shape index (κ1) is 12.4. The van der Waals surface area contributed by atoms with Crippen molar-refractivity contribution in [2.24, 2.45) is 11.7 Å². The number of carbonyl (C=O) groups is 1. The Morgan fingerprint density at radius 2 is 2.15 bits per heavy atom. The van der Waals surface area contributed by atoms with Crippen LogP contribution < -0.4 is 5.73 Å². The van der Waals surface area contributed by atoms with E-state index in [1.165, 1.54) is 0 Å². The van der Waals surface area contributed by atoms with E-state index in [4.69, 9.17) is 5.73 Å².